The molecule has 114 valence electrons. The van der Waals surface area contributed by atoms with E-state index in [0.29, 0.717) is 5.92 Å². The minimum absolute atomic E-state index is 0.0774. The fourth-order valence-electron chi connectivity index (χ4n) is 2.92. The number of hydrogen-bond acceptors (Lipinski definition) is 3. The number of carbonyl (C=O) groups excluding carboxylic acids is 1. The van der Waals surface area contributed by atoms with Crippen molar-refractivity contribution in [2.75, 3.05) is 26.7 Å². The molecule has 1 aliphatic heterocycles. The number of carbonyl (C=O) groups is 1. The third-order valence-corrected chi connectivity index (χ3v) is 4.11. The lowest BCUT2D eigenvalue weighted by Crippen LogP contribution is -2.28. The summed E-state index contributed by atoms with van der Waals surface area (Å²) in [5, 5.41) is 4.29. The smallest absolute Gasteiger partial charge is 0.246 e. The van der Waals surface area contributed by atoms with E-state index in [1.54, 1.807) is 12.2 Å². The van der Waals surface area contributed by atoms with Gasteiger partial charge in [0.1, 0.15) is 0 Å². The van der Waals surface area contributed by atoms with Gasteiger partial charge in [0.25, 0.3) is 0 Å². The second kappa shape index (κ2) is 6.71. The molecule has 1 unspecified atom stereocenters. The average Bonchev–Trinajstić information content (AvgIpc) is 3.01. The van der Waals surface area contributed by atoms with Gasteiger partial charge in [0, 0.05) is 24.6 Å². The fraction of sp³-hybridized carbons (Fsp3) is 0.333. The Morgan fingerprint density at radius 3 is 3.09 bits per heavy atom. The number of rotatable bonds is 4. The minimum Gasteiger partial charge on any atom is -0.339 e. The highest BCUT2D eigenvalue weighted by atomic mass is 16.2. The largest absolute Gasteiger partial charge is 0.339 e. The van der Waals surface area contributed by atoms with Crippen molar-refractivity contribution in [3.05, 3.63) is 48.2 Å². The molecule has 1 aliphatic rings. The van der Waals surface area contributed by atoms with Crippen LogP contribution in [0.2, 0.25) is 0 Å². The highest BCUT2D eigenvalue weighted by Gasteiger charge is 2.24. The van der Waals surface area contributed by atoms with Crippen molar-refractivity contribution in [3.8, 4) is 0 Å². The van der Waals surface area contributed by atoms with Crippen molar-refractivity contribution in [1.82, 2.24) is 15.2 Å². The first kappa shape index (κ1) is 14.7. The van der Waals surface area contributed by atoms with E-state index in [-0.39, 0.29) is 5.91 Å². The number of hydrogen-bond donors (Lipinski definition) is 1. The molecule has 3 rings (SSSR count). The predicted molar refractivity (Wildman–Crippen MR) is 89.4 cm³/mol. The monoisotopic (exact) mass is 295 g/mol. The molecule has 0 aliphatic carbocycles. The first-order valence-electron chi connectivity index (χ1n) is 7.73. The summed E-state index contributed by atoms with van der Waals surface area (Å²) in [6.45, 7) is 2.66. The lowest BCUT2D eigenvalue weighted by Gasteiger charge is -2.14. The predicted octanol–water partition coefficient (Wildman–Crippen LogP) is 2.32. The van der Waals surface area contributed by atoms with Crippen molar-refractivity contribution in [2.24, 2.45) is 5.92 Å². The number of benzene rings is 1. The third kappa shape index (κ3) is 3.34. The summed E-state index contributed by atoms with van der Waals surface area (Å²) in [7, 11) is 1.95. The van der Waals surface area contributed by atoms with E-state index in [9.17, 15) is 4.79 Å². The van der Waals surface area contributed by atoms with Crippen LogP contribution in [0.15, 0.2) is 42.5 Å². The van der Waals surface area contributed by atoms with Crippen LogP contribution in [0.1, 0.15) is 12.1 Å². The van der Waals surface area contributed by atoms with Crippen LogP contribution in [-0.2, 0) is 4.79 Å². The first-order valence-corrected chi connectivity index (χ1v) is 7.73. The zero-order chi connectivity index (χ0) is 15.4. The van der Waals surface area contributed by atoms with Gasteiger partial charge in [0.15, 0.2) is 0 Å². The fourth-order valence-corrected chi connectivity index (χ4v) is 2.92. The lowest BCUT2D eigenvalue weighted by molar-refractivity contribution is -0.125. The zero-order valence-corrected chi connectivity index (χ0v) is 12.8. The first-order chi connectivity index (χ1) is 10.8. The highest BCUT2D eigenvalue weighted by Crippen LogP contribution is 2.16. The molecule has 4 nitrogen and oxygen atoms in total. The summed E-state index contributed by atoms with van der Waals surface area (Å²) >= 11 is 0. The highest BCUT2D eigenvalue weighted by molar-refractivity contribution is 5.92. The van der Waals surface area contributed by atoms with Gasteiger partial charge in [-0.15, -0.1) is 0 Å². The zero-order valence-electron chi connectivity index (χ0n) is 12.8. The molecule has 4 heteroatoms. The standard InChI is InChI=1S/C18H21N3O/c1-19-12-14-10-11-21(13-14)18(22)9-8-16-7-6-15-4-2-3-5-17(15)20-16/h2-9,14,19H,10-13H2,1H3. The van der Waals surface area contributed by atoms with E-state index in [2.05, 4.69) is 10.3 Å². The molecule has 1 N–H and O–H groups in total. The van der Waals surface area contributed by atoms with Crippen molar-refractivity contribution in [2.45, 2.75) is 6.42 Å². The van der Waals surface area contributed by atoms with Crippen molar-refractivity contribution >= 4 is 22.9 Å². The van der Waals surface area contributed by atoms with Gasteiger partial charge in [-0.2, -0.15) is 0 Å². The molecule has 0 bridgehead atoms. The number of aromatic nitrogens is 1. The Hall–Kier alpha value is -2.20. The Morgan fingerprint density at radius 2 is 2.23 bits per heavy atom. The Balaban J connectivity index is 1.66. The maximum absolute atomic E-state index is 12.2. The molecule has 0 saturated carbocycles. The van der Waals surface area contributed by atoms with Gasteiger partial charge < -0.3 is 10.2 Å². The van der Waals surface area contributed by atoms with Crippen molar-refractivity contribution in [3.63, 3.8) is 0 Å². The number of likely N-dealkylation sites (tertiary alicyclic amines) is 1. The number of para-hydroxylation sites is 1. The molecular formula is C18H21N3O. The van der Waals surface area contributed by atoms with Crippen LogP contribution >= 0.6 is 0 Å². The maximum atomic E-state index is 12.2. The molecule has 0 radical (unpaired) electrons. The van der Waals surface area contributed by atoms with Crippen LogP contribution in [0.25, 0.3) is 17.0 Å². The summed E-state index contributed by atoms with van der Waals surface area (Å²) in [6.07, 6.45) is 4.52. The van der Waals surface area contributed by atoms with Crippen LogP contribution in [0.5, 0.6) is 0 Å². The normalized spacial score (nSPS) is 18.4. The molecule has 0 spiro atoms. The number of fused-ring (bicyclic) bond motifs is 1. The number of pyridine rings is 1. The molecule has 1 aromatic carbocycles. The van der Waals surface area contributed by atoms with E-state index >= 15 is 0 Å². The van der Waals surface area contributed by atoms with Crippen LogP contribution in [0.4, 0.5) is 0 Å². The van der Waals surface area contributed by atoms with E-state index in [1.807, 2.05) is 48.3 Å². The Bertz CT molecular complexity index is 696. The van der Waals surface area contributed by atoms with Gasteiger partial charge in [-0.05, 0) is 44.1 Å². The molecule has 1 saturated heterocycles. The molecule has 2 heterocycles. The molecular weight excluding hydrogens is 274 g/mol. The molecule has 1 aromatic heterocycles. The number of nitrogens with zero attached hydrogens (tertiary/aromatic N) is 2. The summed E-state index contributed by atoms with van der Waals surface area (Å²) in [6, 6.07) is 12.0. The lowest BCUT2D eigenvalue weighted by atomic mass is 10.1. The van der Waals surface area contributed by atoms with Gasteiger partial charge in [-0.1, -0.05) is 24.3 Å². The van der Waals surface area contributed by atoms with E-state index in [0.717, 1.165) is 42.7 Å². The Kier molecular flexibility index (Phi) is 4.49. The molecule has 2 aromatic rings. The Morgan fingerprint density at radius 1 is 1.36 bits per heavy atom. The summed E-state index contributed by atoms with van der Waals surface area (Å²) in [5.41, 5.74) is 1.77. The van der Waals surface area contributed by atoms with Crippen LogP contribution in [-0.4, -0.2) is 42.5 Å². The van der Waals surface area contributed by atoms with Gasteiger partial charge in [0.05, 0.1) is 11.2 Å². The SMILES string of the molecule is CNCC1CCN(C(=O)C=Cc2ccc3ccccc3n2)C1. The van der Waals surface area contributed by atoms with E-state index in [1.165, 1.54) is 0 Å². The van der Waals surface area contributed by atoms with Crippen LogP contribution in [0, 0.1) is 5.92 Å². The average molecular weight is 295 g/mol. The van der Waals surface area contributed by atoms with Gasteiger partial charge in [0.2, 0.25) is 5.91 Å². The van der Waals surface area contributed by atoms with Crippen LogP contribution in [0.3, 0.4) is 0 Å². The molecule has 22 heavy (non-hydrogen) atoms. The molecule has 1 amide bonds. The van der Waals surface area contributed by atoms with Gasteiger partial charge in [-0.3, -0.25) is 4.79 Å². The minimum atomic E-state index is 0.0774. The third-order valence-electron chi connectivity index (χ3n) is 4.11. The second-order valence-corrected chi connectivity index (χ2v) is 5.76. The Labute approximate surface area is 130 Å². The van der Waals surface area contributed by atoms with E-state index in [4.69, 9.17) is 0 Å². The number of nitrogens with one attached hydrogen (secondary N) is 1. The summed E-state index contributed by atoms with van der Waals surface area (Å²) < 4.78 is 0. The molecule has 1 atom stereocenters. The van der Waals surface area contributed by atoms with Crippen LogP contribution < -0.4 is 5.32 Å². The van der Waals surface area contributed by atoms with Crippen molar-refractivity contribution in [1.29, 1.82) is 0 Å². The van der Waals surface area contributed by atoms with E-state index < -0.39 is 0 Å². The number of amides is 1. The maximum Gasteiger partial charge on any atom is 0.246 e. The van der Waals surface area contributed by atoms with Gasteiger partial charge >= 0.3 is 0 Å². The summed E-state index contributed by atoms with van der Waals surface area (Å²) in [5.74, 6) is 0.648. The molecule has 1 fully saturated rings. The second-order valence-electron chi connectivity index (χ2n) is 5.76. The van der Waals surface area contributed by atoms with Gasteiger partial charge in [-0.25, -0.2) is 4.98 Å². The quantitative estimate of drug-likeness (QED) is 0.881. The topological polar surface area (TPSA) is 45.2 Å². The van der Waals surface area contributed by atoms with Crippen molar-refractivity contribution < 1.29 is 4.79 Å². The summed E-state index contributed by atoms with van der Waals surface area (Å²) in [4.78, 5) is 18.7.